The lowest BCUT2D eigenvalue weighted by Crippen LogP contribution is -2.38. The summed E-state index contributed by atoms with van der Waals surface area (Å²) in [5.74, 6) is 1.23. The summed E-state index contributed by atoms with van der Waals surface area (Å²) in [6.45, 7) is 11.9. The summed E-state index contributed by atoms with van der Waals surface area (Å²) in [6, 6.07) is 4.34. The summed E-state index contributed by atoms with van der Waals surface area (Å²) in [5.41, 5.74) is 5.99. The molecule has 0 bridgehead atoms. The second-order valence-corrected chi connectivity index (χ2v) is 6.68. The van der Waals surface area contributed by atoms with E-state index in [-0.39, 0.29) is 5.41 Å². The van der Waals surface area contributed by atoms with Gasteiger partial charge in [0.05, 0.1) is 0 Å². The average Bonchev–Trinajstić information content (AvgIpc) is 2.77. The standard InChI is InChI=1S/C14H26N2S/c1-11(2)12(8-15)9-16-10-14(3,4)13-6-5-7-17-13/h5-7,11-12,16H,8-10,15H2,1-4H3. The number of nitrogens with one attached hydrogen (secondary N) is 1. The van der Waals surface area contributed by atoms with E-state index in [4.69, 9.17) is 5.73 Å². The highest BCUT2D eigenvalue weighted by atomic mass is 32.1. The van der Waals surface area contributed by atoms with Gasteiger partial charge in [-0.15, -0.1) is 11.3 Å². The van der Waals surface area contributed by atoms with Gasteiger partial charge in [0.25, 0.3) is 0 Å². The van der Waals surface area contributed by atoms with E-state index in [2.05, 4.69) is 50.5 Å². The minimum atomic E-state index is 0.213. The molecule has 1 unspecified atom stereocenters. The molecule has 1 rings (SSSR count). The number of thiophene rings is 1. The zero-order valence-corrected chi connectivity index (χ0v) is 12.3. The van der Waals surface area contributed by atoms with Crippen molar-refractivity contribution in [3.8, 4) is 0 Å². The third kappa shape index (κ3) is 4.41. The van der Waals surface area contributed by atoms with Crippen molar-refractivity contribution in [3.05, 3.63) is 22.4 Å². The first-order chi connectivity index (χ1) is 7.97. The number of nitrogens with two attached hydrogens (primary N) is 1. The fourth-order valence-corrected chi connectivity index (χ4v) is 2.76. The summed E-state index contributed by atoms with van der Waals surface area (Å²) in [4.78, 5) is 1.44. The summed E-state index contributed by atoms with van der Waals surface area (Å²) in [7, 11) is 0. The van der Waals surface area contributed by atoms with Crippen molar-refractivity contribution in [1.82, 2.24) is 5.32 Å². The highest BCUT2D eigenvalue weighted by molar-refractivity contribution is 7.10. The zero-order valence-electron chi connectivity index (χ0n) is 11.5. The van der Waals surface area contributed by atoms with E-state index in [0.29, 0.717) is 11.8 Å². The highest BCUT2D eigenvalue weighted by Gasteiger charge is 2.21. The maximum atomic E-state index is 5.78. The molecule has 1 atom stereocenters. The molecule has 0 fully saturated rings. The molecule has 0 saturated carbocycles. The Morgan fingerprint density at radius 3 is 2.59 bits per heavy atom. The minimum Gasteiger partial charge on any atom is -0.330 e. The van der Waals surface area contributed by atoms with Crippen LogP contribution in [-0.2, 0) is 5.41 Å². The van der Waals surface area contributed by atoms with E-state index in [1.54, 1.807) is 0 Å². The first-order valence-corrected chi connectivity index (χ1v) is 7.30. The van der Waals surface area contributed by atoms with Crippen LogP contribution in [0.1, 0.15) is 32.6 Å². The van der Waals surface area contributed by atoms with Crippen LogP contribution in [0, 0.1) is 11.8 Å². The Bertz CT molecular complexity index is 304. The Labute approximate surface area is 110 Å². The molecular weight excluding hydrogens is 228 g/mol. The molecule has 3 N–H and O–H groups in total. The molecule has 1 aromatic rings. The Hall–Kier alpha value is -0.380. The monoisotopic (exact) mass is 254 g/mol. The molecule has 0 aliphatic carbocycles. The maximum absolute atomic E-state index is 5.78. The lowest BCUT2D eigenvalue weighted by atomic mass is 9.90. The van der Waals surface area contributed by atoms with Crippen molar-refractivity contribution < 1.29 is 0 Å². The molecule has 17 heavy (non-hydrogen) atoms. The van der Waals surface area contributed by atoms with Gasteiger partial charge in [0.1, 0.15) is 0 Å². The molecule has 0 aliphatic heterocycles. The van der Waals surface area contributed by atoms with Crippen molar-refractivity contribution in [2.24, 2.45) is 17.6 Å². The number of hydrogen-bond donors (Lipinski definition) is 2. The molecule has 2 nitrogen and oxygen atoms in total. The molecule has 1 heterocycles. The largest absolute Gasteiger partial charge is 0.330 e. The van der Waals surface area contributed by atoms with E-state index in [1.807, 2.05) is 11.3 Å². The van der Waals surface area contributed by atoms with Gasteiger partial charge in [-0.1, -0.05) is 33.8 Å². The molecule has 1 aromatic heterocycles. The van der Waals surface area contributed by atoms with Gasteiger partial charge in [-0.2, -0.15) is 0 Å². The summed E-state index contributed by atoms with van der Waals surface area (Å²) < 4.78 is 0. The van der Waals surface area contributed by atoms with E-state index in [0.717, 1.165) is 19.6 Å². The van der Waals surface area contributed by atoms with Gasteiger partial charge in [0.2, 0.25) is 0 Å². The van der Waals surface area contributed by atoms with E-state index < -0.39 is 0 Å². The van der Waals surface area contributed by atoms with Gasteiger partial charge in [-0.3, -0.25) is 0 Å². The fourth-order valence-electron chi connectivity index (χ4n) is 1.91. The van der Waals surface area contributed by atoms with Crippen LogP contribution < -0.4 is 11.1 Å². The highest BCUT2D eigenvalue weighted by Crippen LogP contribution is 2.26. The Balaban J connectivity index is 2.40. The normalized spacial score (nSPS) is 14.2. The summed E-state index contributed by atoms with van der Waals surface area (Å²) >= 11 is 1.84. The summed E-state index contributed by atoms with van der Waals surface area (Å²) in [6.07, 6.45) is 0. The predicted octanol–water partition coefficient (Wildman–Crippen LogP) is 2.85. The Morgan fingerprint density at radius 2 is 2.12 bits per heavy atom. The molecule has 3 heteroatoms. The van der Waals surface area contributed by atoms with Gasteiger partial charge in [-0.25, -0.2) is 0 Å². The zero-order chi connectivity index (χ0) is 12.9. The molecule has 0 spiro atoms. The van der Waals surface area contributed by atoms with Crippen LogP contribution in [0.3, 0.4) is 0 Å². The molecular formula is C14H26N2S. The van der Waals surface area contributed by atoms with Gasteiger partial charge >= 0.3 is 0 Å². The van der Waals surface area contributed by atoms with Crippen molar-refractivity contribution >= 4 is 11.3 Å². The number of rotatable bonds is 7. The first kappa shape index (κ1) is 14.7. The second kappa shape index (κ2) is 6.53. The number of hydrogen-bond acceptors (Lipinski definition) is 3. The van der Waals surface area contributed by atoms with E-state index >= 15 is 0 Å². The molecule has 0 aliphatic rings. The SMILES string of the molecule is CC(C)C(CN)CNCC(C)(C)c1cccs1. The van der Waals surface area contributed by atoms with Crippen molar-refractivity contribution in [3.63, 3.8) is 0 Å². The molecule has 0 aromatic carbocycles. The van der Waals surface area contributed by atoms with Gasteiger partial charge in [0.15, 0.2) is 0 Å². The van der Waals surface area contributed by atoms with Crippen LogP contribution in [-0.4, -0.2) is 19.6 Å². The predicted molar refractivity (Wildman–Crippen MR) is 77.6 cm³/mol. The molecule has 0 amide bonds. The van der Waals surface area contributed by atoms with Crippen molar-refractivity contribution in [2.45, 2.75) is 33.1 Å². The van der Waals surface area contributed by atoms with Crippen LogP contribution in [0.4, 0.5) is 0 Å². The third-order valence-corrected chi connectivity index (χ3v) is 4.64. The quantitative estimate of drug-likeness (QED) is 0.785. The van der Waals surface area contributed by atoms with Gasteiger partial charge in [-0.05, 0) is 36.4 Å². The maximum Gasteiger partial charge on any atom is 0.0115 e. The second-order valence-electron chi connectivity index (χ2n) is 5.73. The Kier molecular flexibility index (Phi) is 5.63. The van der Waals surface area contributed by atoms with Crippen LogP contribution in [0.15, 0.2) is 17.5 Å². The fraction of sp³-hybridized carbons (Fsp3) is 0.714. The first-order valence-electron chi connectivity index (χ1n) is 6.42. The molecule has 0 radical (unpaired) electrons. The lowest BCUT2D eigenvalue weighted by Gasteiger charge is -2.26. The topological polar surface area (TPSA) is 38.0 Å². The van der Waals surface area contributed by atoms with Crippen LogP contribution in [0.25, 0.3) is 0 Å². The van der Waals surface area contributed by atoms with E-state index in [1.165, 1.54) is 4.88 Å². The van der Waals surface area contributed by atoms with E-state index in [9.17, 15) is 0 Å². The molecule has 98 valence electrons. The summed E-state index contributed by atoms with van der Waals surface area (Å²) in [5, 5.41) is 5.72. The smallest absolute Gasteiger partial charge is 0.0115 e. The van der Waals surface area contributed by atoms with Crippen molar-refractivity contribution in [1.29, 1.82) is 0 Å². The average molecular weight is 254 g/mol. The third-order valence-electron chi connectivity index (χ3n) is 3.41. The van der Waals surface area contributed by atoms with Crippen molar-refractivity contribution in [2.75, 3.05) is 19.6 Å². The Morgan fingerprint density at radius 1 is 1.41 bits per heavy atom. The lowest BCUT2D eigenvalue weighted by molar-refractivity contribution is 0.353. The molecule has 0 saturated heterocycles. The minimum absolute atomic E-state index is 0.213. The van der Waals surface area contributed by atoms with Crippen LogP contribution >= 0.6 is 11.3 Å². The van der Waals surface area contributed by atoms with Crippen LogP contribution in [0.5, 0.6) is 0 Å². The van der Waals surface area contributed by atoms with Gasteiger partial charge < -0.3 is 11.1 Å². The van der Waals surface area contributed by atoms with Gasteiger partial charge in [0, 0.05) is 16.8 Å². The van der Waals surface area contributed by atoms with Crippen LogP contribution in [0.2, 0.25) is 0 Å².